The van der Waals surface area contributed by atoms with Crippen molar-refractivity contribution in [3.63, 3.8) is 0 Å². The van der Waals surface area contributed by atoms with Crippen LogP contribution in [0.15, 0.2) is 0 Å². The van der Waals surface area contributed by atoms with Crippen LogP contribution >= 0.6 is 0 Å². The lowest BCUT2D eigenvalue weighted by Crippen LogP contribution is -2.12. The highest BCUT2D eigenvalue weighted by Gasteiger charge is 2.53. The van der Waals surface area contributed by atoms with Crippen LogP contribution < -0.4 is 0 Å². The molecule has 0 N–H and O–H groups in total. The minimum atomic E-state index is 0.790. The lowest BCUT2D eigenvalue weighted by atomic mass is 9.82. The molecule has 1 nitrogen and oxygen atoms in total. The summed E-state index contributed by atoms with van der Waals surface area (Å²) >= 11 is 0. The predicted octanol–water partition coefficient (Wildman–Crippen LogP) is 1.76. The Hall–Kier alpha value is -0.330. The Kier molecular flexibility index (Phi) is 1.38. The first kappa shape index (κ1) is 7.11. The molecule has 0 amide bonds. The molecule has 2 atom stereocenters. The molecule has 5 radical (unpaired) electrons. The molecule has 0 heterocycles. The first-order valence-corrected chi connectivity index (χ1v) is 4.64. The second-order valence-corrected chi connectivity index (χ2v) is 4.02. The van der Waals surface area contributed by atoms with Gasteiger partial charge in [-0.2, -0.15) is 0 Å². The Morgan fingerprint density at radius 3 is 2.25 bits per heavy atom. The van der Waals surface area contributed by atoms with Gasteiger partial charge in [-0.05, 0) is 55.8 Å². The number of rotatable bonds is 1. The third kappa shape index (κ3) is 0.773. The summed E-state index contributed by atoms with van der Waals surface area (Å²) in [7, 11) is 0. The predicted molar refractivity (Wildman–Crippen MR) is 45.2 cm³/mol. The number of aldehydes is 1. The zero-order valence-corrected chi connectivity index (χ0v) is 6.92. The quantitative estimate of drug-likeness (QED) is 0.533. The van der Waals surface area contributed by atoms with Crippen LogP contribution in [0.2, 0.25) is 0 Å². The van der Waals surface area contributed by atoms with E-state index in [2.05, 4.69) is 12.8 Å². The zero-order chi connectivity index (χ0) is 8.13. The molecule has 0 aliphatic heterocycles. The van der Waals surface area contributed by atoms with E-state index in [1.54, 1.807) is 0 Å². The third-order valence-electron chi connectivity index (χ3n) is 3.43. The Morgan fingerprint density at radius 1 is 1.17 bits per heavy atom. The normalized spacial score (nSPS) is 42.3. The Morgan fingerprint density at radius 2 is 1.75 bits per heavy atom. The molecule has 3 saturated carbocycles. The molecular weight excluding hydrogens is 148 g/mol. The van der Waals surface area contributed by atoms with Gasteiger partial charge in [-0.15, -0.1) is 0 Å². The maximum absolute atomic E-state index is 10.5. The summed E-state index contributed by atoms with van der Waals surface area (Å²) in [6.45, 7) is 0. The van der Waals surface area contributed by atoms with Gasteiger partial charge in [0.1, 0.15) is 6.29 Å². The molecular formula is C11H11O. The molecule has 0 aromatic heterocycles. The summed E-state index contributed by atoms with van der Waals surface area (Å²) < 4.78 is 0. The van der Waals surface area contributed by atoms with Gasteiger partial charge < -0.3 is 4.79 Å². The van der Waals surface area contributed by atoms with Crippen molar-refractivity contribution in [2.75, 3.05) is 0 Å². The maximum atomic E-state index is 10.5. The van der Waals surface area contributed by atoms with E-state index in [0.29, 0.717) is 0 Å². The van der Waals surface area contributed by atoms with Crippen molar-refractivity contribution in [2.45, 2.75) is 19.3 Å². The van der Waals surface area contributed by atoms with Crippen LogP contribution in [-0.2, 0) is 4.79 Å². The number of hydrogen-bond acceptors (Lipinski definition) is 1. The van der Waals surface area contributed by atoms with Crippen molar-refractivity contribution < 1.29 is 4.79 Å². The molecule has 3 rings (SSSR count). The Bertz CT molecular complexity index is 193. The number of fused-ring (bicyclic) bond motifs is 5. The largest absolute Gasteiger partial charge is 0.303 e. The fourth-order valence-electron chi connectivity index (χ4n) is 2.89. The Balaban J connectivity index is 1.82. The summed E-state index contributed by atoms with van der Waals surface area (Å²) in [5, 5.41) is 0. The van der Waals surface area contributed by atoms with Gasteiger partial charge in [0.15, 0.2) is 0 Å². The van der Waals surface area contributed by atoms with Crippen LogP contribution in [0.3, 0.4) is 0 Å². The third-order valence-corrected chi connectivity index (χ3v) is 3.43. The van der Waals surface area contributed by atoms with Crippen LogP contribution in [0, 0.1) is 42.4 Å². The molecule has 3 aliphatic carbocycles. The highest BCUT2D eigenvalue weighted by molar-refractivity contribution is 5.82. The van der Waals surface area contributed by atoms with Crippen LogP contribution in [0.25, 0.3) is 0 Å². The van der Waals surface area contributed by atoms with Gasteiger partial charge in [-0.3, -0.25) is 0 Å². The van der Waals surface area contributed by atoms with Gasteiger partial charge in [0.05, 0.1) is 0 Å². The first-order chi connectivity index (χ1) is 5.88. The van der Waals surface area contributed by atoms with E-state index >= 15 is 0 Å². The second kappa shape index (κ2) is 2.34. The van der Waals surface area contributed by atoms with Crippen LogP contribution in [0.5, 0.6) is 0 Å². The van der Waals surface area contributed by atoms with Gasteiger partial charge in [-0.25, -0.2) is 0 Å². The van der Waals surface area contributed by atoms with E-state index in [4.69, 9.17) is 0 Å². The van der Waals surface area contributed by atoms with Gasteiger partial charge in [-0.1, -0.05) is 0 Å². The van der Waals surface area contributed by atoms with E-state index in [-0.39, 0.29) is 0 Å². The molecule has 3 aliphatic rings. The molecule has 0 aromatic carbocycles. The average molecular weight is 159 g/mol. The molecule has 0 saturated heterocycles. The highest BCUT2D eigenvalue weighted by atomic mass is 16.1. The molecule has 61 valence electrons. The van der Waals surface area contributed by atoms with Gasteiger partial charge in [0.2, 0.25) is 0 Å². The SMILES string of the molecule is O=C[C]1[CH][C]2[C]([CH]1)C1CCC2C1. The summed E-state index contributed by atoms with van der Waals surface area (Å²) in [6.07, 6.45) is 9.19. The van der Waals surface area contributed by atoms with Crippen LogP contribution in [-0.4, -0.2) is 6.29 Å². The fourth-order valence-corrected chi connectivity index (χ4v) is 2.89. The van der Waals surface area contributed by atoms with Gasteiger partial charge in [0.25, 0.3) is 0 Å². The van der Waals surface area contributed by atoms with E-state index in [1.807, 2.05) is 0 Å². The fraction of sp³-hybridized carbons (Fsp3) is 0.455. The maximum Gasteiger partial charge on any atom is 0.127 e. The van der Waals surface area contributed by atoms with Crippen molar-refractivity contribution in [3.05, 3.63) is 30.6 Å². The second-order valence-electron chi connectivity index (χ2n) is 4.02. The first-order valence-electron chi connectivity index (χ1n) is 4.64. The molecule has 1 heteroatoms. The monoisotopic (exact) mass is 159 g/mol. The van der Waals surface area contributed by atoms with E-state index in [9.17, 15) is 4.79 Å². The molecule has 2 bridgehead atoms. The zero-order valence-electron chi connectivity index (χ0n) is 6.92. The van der Waals surface area contributed by atoms with Crippen molar-refractivity contribution in [1.82, 2.24) is 0 Å². The molecule has 0 aromatic rings. The number of carbonyl (C=O) groups excluding carboxylic acids is 1. The minimum absolute atomic E-state index is 0.790. The summed E-state index contributed by atoms with van der Waals surface area (Å²) in [4.78, 5) is 10.5. The smallest absolute Gasteiger partial charge is 0.127 e. The van der Waals surface area contributed by atoms with E-state index < -0.39 is 0 Å². The molecule has 2 unspecified atom stereocenters. The molecule has 3 fully saturated rings. The Labute approximate surface area is 73.5 Å². The van der Waals surface area contributed by atoms with Crippen molar-refractivity contribution in [3.8, 4) is 0 Å². The highest BCUT2D eigenvalue weighted by Crippen LogP contribution is 2.61. The van der Waals surface area contributed by atoms with Gasteiger partial charge in [0, 0.05) is 5.92 Å². The molecule has 0 spiro atoms. The average Bonchev–Trinajstić information content (AvgIpc) is 2.75. The van der Waals surface area contributed by atoms with Crippen molar-refractivity contribution in [2.24, 2.45) is 11.8 Å². The standard InChI is InChI=1S/C11H11O/c12-6-7-3-10-8-1-2-9(5-8)11(10)4-7/h3-4,6,8-9H,1-2,5H2. The van der Waals surface area contributed by atoms with Crippen LogP contribution in [0.4, 0.5) is 0 Å². The van der Waals surface area contributed by atoms with E-state index in [1.165, 1.54) is 31.1 Å². The van der Waals surface area contributed by atoms with E-state index in [0.717, 1.165) is 24.0 Å². The lowest BCUT2D eigenvalue weighted by Gasteiger charge is -2.22. The van der Waals surface area contributed by atoms with Crippen LogP contribution in [0.1, 0.15) is 19.3 Å². The lowest BCUT2D eigenvalue weighted by molar-refractivity contribution is -0.105. The number of hydrogen-bond donors (Lipinski definition) is 0. The summed E-state index contributed by atoms with van der Waals surface area (Å²) in [5.41, 5.74) is 0. The minimum Gasteiger partial charge on any atom is -0.303 e. The summed E-state index contributed by atoms with van der Waals surface area (Å²) in [6, 6.07) is 0. The van der Waals surface area contributed by atoms with Crippen molar-refractivity contribution in [1.29, 1.82) is 0 Å². The summed E-state index contributed by atoms with van der Waals surface area (Å²) in [5.74, 6) is 5.43. The number of carbonyl (C=O) groups is 1. The van der Waals surface area contributed by atoms with Crippen molar-refractivity contribution >= 4 is 6.29 Å². The molecule has 12 heavy (non-hydrogen) atoms. The van der Waals surface area contributed by atoms with Gasteiger partial charge >= 0.3 is 0 Å². The topological polar surface area (TPSA) is 17.1 Å².